The minimum atomic E-state index is 0.465. The van der Waals surface area contributed by atoms with E-state index in [0.717, 1.165) is 29.6 Å². The topological polar surface area (TPSA) is 0 Å². The first-order valence-corrected chi connectivity index (χ1v) is 12.4. The molecule has 0 aromatic carbocycles. The Bertz CT molecular complexity index is 662. The van der Waals surface area contributed by atoms with Crippen molar-refractivity contribution in [2.24, 2.45) is 40.9 Å². The summed E-state index contributed by atoms with van der Waals surface area (Å²) in [6.45, 7) is 18.7. The highest BCUT2D eigenvalue weighted by Crippen LogP contribution is 2.62. The molecule has 0 heterocycles. The second-order valence-corrected chi connectivity index (χ2v) is 11.4. The van der Waals surface area contributed by atoms with Gasteiger partial charge in [0, 0.05) is 0 Å². The molecule has 2 saturated carbocycles. The first-order valence-electron chi connectivity index (χ1n) is 12.4. The fraction of sp³-hybridized carbons (Fsp3) is 0.786. The van der Waals surface area contributed by atoms with E-state index in [1.165, 1.54) is 76.2 Å². The summed E-state index contributed by atoms with van der Waals surface area (Å²) in [6.07, 6.45) is 15.3. The molecule has 4 aliphatic carbocycles. The Morgan fingerprint density at radius 1 is 1.11 bits per heavy atom. The van der Waals surface area contributed by atoms with Crippen LogP contribution in [-0.4, -0.2) is 0 Å². The van der Waals surface area contributed by atoms with E-state index in [4.69, 9.17) is 0 Å². The van der Waals surface area contributed by atoms with Gasteiger partial charge in [0.25, 0.3) is 0 Å². The monoisotopic (exact) mass is 380 g/mol. The van der Waals surface area contributed by atoms with Crippen LogP contribution in [0.4, 0.5) is 0 Å². The summed E-state index contributed by atoms with van der Waals surface area (Å²) in [5, 5.41) is 0. The van der Waals surface area contributed by atoms with Crippen molar-refractivity contribution in [2.45, 2.75) is 98.3 Å². The fourth-order valence-corrected chi connectivity index (χ4v) is 7.87. The highest BCUT2D eigenvalue weighted by Gasteiger charge is 2.51. The Balaban J connectivity index is 1.51. The predicted octanol–water partition coefficient (Wildman–Crippen LogP) is 8.50. The number of hydrogen-bond donors (Lipinski definition) is 0. The third-order valence-corrected chi connectivity index (χ3v) is 9.72. The summed E-state index contributed by atoms with van der Waals surface area (Å²) in [5.41, 5.74) is 7.32. The number of allylic oxidation sites excluding steroid dienone is 4. The van der Waals surface area contributed by atoms with E-state index in [-0.39, 0.29) is 0 Å². The Labute approximate surface area is 175 Å². The molecule has 4 aliphatic rings. The molecule has 0 radical (unpaired) electrons. The number of hydrogen-bond acceptors (Lipinski definition) is 0. The molecule has 0 nitrogen and oxygen atoms in total. The Morgan fingerprint density at radius 2 is 1.89 bits per heavy atom. The van der Waals surface area contributed by atoms with Crippen LogP contribution < -0.4 is 0 Å². The van der Waals surface area contributed by atoms with Crippen LogP contribution in [0.1, 0.15) is 98.3 Å². The van der Waals surface area contributed by atoms with Crippen LogP contribution >= 0.6 is 0 Å². The molecule has 0 N–H and O–H groups in total. The molecule has 156 valence electrons. The van der Waals surface area contributed by atoms with E-state index in [1.807, 2.05) is 11.1 Å². The van der Waals surface area contributed by atoms with Crippen molar-refractivity contribution in [3.8, 4) is 0 Å². The van der Waals surface area contributed by atoms with Gasteiger partial charge in [-0.1, -0.05) is 76.0 Å². The Morgan fingerprint density at radius 3 is 2.64 bits per heavy atom. The summed E-state index contributed by atoms with van der Waals surface area (Å²) in [6, 6.07) is 0. The van der Waals surface area contributed by atoms with Crippen molar-refractivity contribution >= 4 is 0 Å². The van der Waals surface area contributed by atoms with Crippen molar-refractivity contribution < 1.29 is 0 Å². The Hall–Kier alpha value is -0.780. The van der Waals surface area contributed by atoms with E-state index in [9.17, 15) is 0 Å². The van der Waals surface area contributed by atoms with Gasteiger partial charge < -0.3 is 0 Å². The maximum atomic E-state index is 4.62. The van der Waals surface area contributed by atoms with Gasteiger partial charge in [-0.05, 0) is 98.7 Å². The molecule has 0 aromatic rings. The van der Waals surface area contributed by atoms with E-state index in [1.54, 1.807) is 5.57 Å². The average Bonchev–Trinajstić information content (AvgIpc) is 3.10. The largest absolute Gasteiger partial charge is 0.0996 e. The van der Waals surface area contributed by atoms with Gasteiger partial charge in [-0.15, -0.1) is 0 Å². The zero-order valence-corrected chi connectivity index (χ0v) is 19.2. The van der Waals surface area contributed by atoms with Gasteiger partial charge in [0.05, 0.1) is 0 Å². The molecule has 0 aliphatic heterocycles. The van der Waals surface area contributed by atoms with E-state index >= 15 is 0 Å². The molecule has 0 heteroatoms. The molecule has 0 aromatic heterocycles. The van der Waals surface area contributed by atoms with Crippen molar-refractivity contribution in [3.05, 3.63) is 35.5 Å². The summed E-state index contributed by atoms with van der Waals surface area (Å²) < 4.78 is 0. The van der Waals surface area contributed by atoms with E-state index in [2.05, 4.69) is 40.9 Å². The maximum Gasteiger partial charge on any atom is -0.00481 e. The summed E-state index contributed by atoms with van der Waals surface area (Å²) in [7, 11) is 0. The highest BCUT2D eigenvalue weighted by atomic mass is 14.6. The van der Waals surface area contributed by atoms with Crippen LogP contribution in [0.5, 0.6) is 0 Å². The van der Waals surface area contributed by atoms with Crippen LogP contribution in [0.25, 0.3) is 0 Å². The lowest BCUT2D eigenvalue weighted by atomic mass is 9.52. The lowest BCUT2D eigenvalue weighted by Gasteiger charge is -2.52. The second kappa shape index (κ2) is 7.81. The van der Waals surface area contributed by atoms with Crippen LogP contribution in [-0.2, 0) is 0 Å². The predicted molar refractivity (Wildman–Crippen MR) is 122 cm³/mol. The van der Waals surface area contributed by atoms with Crippen molar-refractivity contribution in [2.75, 3.05) is 0 Å². The molecule has 0 spiro atoms. The highest BCUT2D eigenvalue weighted by molar-refractivity contribution is 5.39. The number of rotatable bonds is 5. The van der Waals surface area contributed by atoms with Crippen molar-refractivity contribution in [3.63, 3.8) is 0 Å². The van der Waals surface area contributed by atoms with Gasteiger partial charge in [0.15, 0.2) is 0 Å². The van der Waals surface area contributed by atoms with Crippen LogP contribution in [0, 0.1) is 40.9 Å². The summed E-state index contributed by atoms with van der Waals surface area (Å²) in [4.78, 5) is 0. The molecule has 2 fully saturated rings. The summed E-state index contributed by atoms with van der Waals surface area (Å²) in [5.74, 6) is 5.08. The molecular weight excluding hydrogens is 336 g/mol. The van der Waals surface area contributed by atoms with Crippen LogP contribution in [0.3, 0.4) is 0 Å². The molecular formula is C28H44. The lowest BCUT2D eigenvalue weighted by Crippen LogP contribution is -2.41. The van der Waals surface area contributed by atoms with E-state index in [0.29, 0.717) is 11.3 Å². The third kappa shape index (κ3) is 3.37. The molecule has 6 atom stereocenters. The zero-order chi connectivity index (χ0) is 20.1. The second-order valence-electron chi connectivity index (χ2n) is 11.4. The molecule has 28 heavy (non-hydrogen) atoms. The minimum Gasteiger partial charge on any atom is -0.0996 e. The minimum absolute atomic E-state index is 0.465. The standard InChI is InChI=1S/C28H44/c1-18(2)19(3)10-11-20(4)22-12-13-24-23(22)14-15-27-25(24)17-21(5)26-9-7-8-16-28(26,27)6/h18,20,22-24,26H,3,5,7-17H2,1-2,4,6H3. The first-order chi connectivity index (χ1) is 13.3. The molecule has 6 unspecified atom stereocenters. The van der Waals surface area contributed by atoms with Gasteiger partial charge in [0.2, 0.25) is 0 Å². The molecule has 0 saturated heterocycles. The third-order valence-electron chi connectivity index (χ3n) is 9.72. The Kier molecular flexibility index (Phi) is 5.71. The summed E-state index contributed by atoms with van der Waals surface area (Å²) >= 11 is 0. The molecule has 0 bridgehead atoms. The van der Waals surface area contributed by atoms with Gasteiger partial charge >= 0.3 is 0 Å². The number of fused-ring (bicyclic) bond motifs is 4. The average molecular weight is 381 g/mol. The quantitative estimate of drug-likeness (QED) is 0.419. The van der Waals surface area contributed by atoms with Gasteiger partial charge in [0.1, 0.15) is 0 Å². The maximum absolute atomic E-state index is 4.62. The SMILES string of the molecule is C=C(CCC(C)C1CCC2C3=C(CCC21)C1(C)CCCCC1C(=C)C3)C(C)C. The van der Waals surface area contributed by atoms with Crippen LogP contribution in [0.15, 0.2) is 35.5 Å². The van der Waals surface area contributed by atoms with Crippen LogP contribution in [0.2, 0.25) is 0 Å². The van der Waals surface area contributed by atoms with Crippen molar-refractivity contribution in [1.29, 1.82) is 0 Å². The molecule has 4 rings (SSSR count). The van der Waals surface area contributed by atoms with E-state index < -0.39 is 0 Å². The van der Waals surface area contributed by atoms with Crippen molar-refractivity contribution in [1.82, 2.24) is 0 Å². The molecule has 0 amide bonds. The van der Waals surface area contributed by atoms with Gasteiger partial charge in [-0.25, -0.2) is 0 Å². The lowest BCUT2D eigenvalue weighted by molar-refractivity contribution is 0.142. The normalized spacial score (nSPS) is 38.8. The smallest absolute Gasteiger partial charge is 0.00481 e. The van der Waals surface area contributed by atoms with Gasteiger partial charge in [-0.2, -0.15) is 0 Å². The fourth-order valence-electron chi connectivity index (χ4n) is 7.87. The zero-order valence-electron chi connectivity index (χ0n) is 19.2. The first kappa shape index (κ1) is 20.5. The van der Waals surface area contributed by atoms with Gasteiger partial charge in [-0.3, -0.25) is 0 Å².